The fraction of sp³-hybridized carbons (Fsp3) is 0.250. The van der Waals surface area contributed by atoms with E-state index in [0.717, 1.165) is 11.3 Å². The number of carbonyl (C=O) groups excluding carboxylic acids is 3. The van der Waals surface area contributed by atoms with Crippen LogP contribution in [0.25, 0.3) is 0 Å². The Labute approximate surface area is 210 Å². The SMILES string of the molecule is CCOc1ccc(NC(=O)COC(=O)CCCC(=O)Nc2ccc(Oc3ccc(C)cc3)cc2)cc1. The van der Waals surface area contributed by atoms with Crippen LogP contribution in [-0.2, 0) is 19.1 Å². The molecular formula is C28H30N2O6. The Hall–Kier alpha value is -4.33. The highest BCUT2D eigenvalue weighted by Crippen LogP contribution is 2.23. The van der Waals surface area contributed by atoms with Crippen LogP contribution in [0.15, 0.2) is 72.8 Å². The zero-order valence-corrected chi connectivity index (χ0v) is 20.4. The van der Waals surface area contributed by atoms with Gasteiger partial charge in [0.05, 0.1) is 6.61 Å². The first kappa shape index (κ1) is 26.3. The minimum atomic E-state index is -0.540. The summed E-state index contributed by atoms with van der Waals surface area (Å²) in [5, 5.41) is 5.43. The zero-order valence-electron chi connectivity index (χ0n) is 20.4. The number of aryl methyl sites for hydroxylation is 1. The lowest BCUT2D eigenvalue weighted by atomic mass is 10.2. The molecule has 0 saturated heterocycles. The monoisotopic (exact) mass is 490 g/mol. The molecule has 0 heterocycles. The first-order valence-corrected chi connectivity index (χ1v) is 11.7. The lowest BCUT2D eigenvalue weighted by Crippen LogP contribution is -2.21. The van der Waals surface area contributed by atoms with Crippen molar-refractivity contribution in [2.45, 2.75) is 33.1 Å². The highest BCUT2D eigenvalue weighted by Gasteiger charge is 2.10. The molecule has 0 fully saturated rings. The second-order valence-electron chi connectivity index (χ2n) is 8.01. The van der Waals surface area contributed by atoms with E-state index >= 15 is 0 Å². The summed E-state index contributed by atoms with van der Waals surface area (Å²) in [4.78, 5) is 36.0. The molecule has 3 rings (SSSR count). The summed E-state index contributed by atoms with van der Waals surface area (Å²) < 4.78 is 16.1. The van der Waals surface area contributed by atoms with Crippen LogP contribution in [0, 0.1) is 6.92 Å². The Kier molecular flexibility index (Phi) is 9.88. The molecule has 0 saturated carbocycles. The number of nitrogens with one attached hydrogen (secondary N) is 2. The molecule has 188 valence electrons. The van der Waals surface area contributed by atoms with Crippen LogP contribution in [0.1, 0.15) is 31.7 Å². The maximum atomic E-state index is 12.2. The van der Waals surface area contributed by atoms with Crippen molar-refractivity contribution in [3.05, 3.63) is 78.4 Å². The summed E-state index contributed by atoms with van der Waals surface area (Å²) in [5.74, 6) is 0.893. The minimum Gasteiger partial charge on any atom is -0.494 e. The molecule has 0 aromatic heterocycles. The molecule has 0 unspecified atom stereocenters. The summed E-state index contributed by atoms with van der Waals surface area (Å²) in [6, 6.07) is 21.6. The lowest BCUT2D eigenvalue weighted by molar-refractivity contribution is -0.147. The predicted molar refractivity (Wildman–Crippen MR) is 137 cm³/mol. The van der Waals surface area contributed by atoms with Gasteiger partial charge in [0, 0.05) is 24.2 Å². The Morgan fingerprint density at radius 3 is 1.81 bits per heavy atom. The van der Waals surface area contributed by atoms with Gasteiger partial charge in [-0.2, -0.15) is 0 Å². The lowest BCUT2D eigenvalue weighted by Gasteiger charge is -2.09. The largest absolute Gasteiger partial charge is 0.494 e. The molecule has 8 nitrogen and oxygen atoms in total. The maximum Gasteiger partial charge on any atom is 0.306 e. The third-order valence-corrected chi connectivity index (χ3v) is 4.99. The van der Waals surface area contributed by atoms with Gasteiger partial charge in [-0.25, -0.2) is 0 Å². The number of carbonyl (C=O) groups is 3. The van der Waals surface area contributed by atoms with Gasteiger partial charge in [-0.3, -0.25) is 14.4 Å². The molecule has 2 amide bonds. The van der Waals surface area contributed by atoms with Crippen molar-refractivity contribution in [1.82, 2.24) is 0 Å². The van der Waals surface area contributed by atoms with E-state index < -0.39 is 18.5 Å². The minimum absolute atomic E-state index is 0.0348. The molecule has 0 radical (unpaired) electrons. The summed E-state index contributed by atoms with van der Waals surface area (Å²) in [5.41, 5.74) is 2.36. The molecule has 0 bridgehead atoms. The predicted octanol–water partition coefficient (Wildman–Crippen LogP) is 5.48. The molecule has 3 aromatic carbocycles. The fourth-order valence-electron chi connectivity index (χ4n) is 3.18. The van der Waals surface area contributed by atoms with Gasteiger partial charge in [0.2, 0.25) is 5.91 Å². The van der Waals surface area contributed by atoms with Crippen LogP contribution in [0.3, 0.4) is 0 Å². The summed E-state index contributed by atoms with van der Waals surface area (Å²) in [6.07, 6.45) is 0.488. The number of rotatable bonds is 12. The highest BCUT2D eigenvalue weighted by atomic mass is 16.5. The van der Waals surface area contributed by atoms with E-state index in [2.05, 4.69) is 10.6 Å². The number of anilines is 2. The van der Waals surface area contributed by atoms with Crippen molar-refractivity contribution in [2.75, 3.05) is 23.8 Å². The molecule has 0 aliphatic carbocycles. The first-order valence-electron chi connectivity index (χ1n) is 11.7. The number of hydrogen-bond donors (Lipinski definition) is 2. The quantitative estimate of drug-likeness (QED) is 0.326. The van der Waals surface area contributed by atoms with Crippen molar-refractivity contribution in [3.63, 3.8) is 0 Å². The van der Waals surface area contributed by atoms with Gasteiger partial charge in [0.1, 0.15) is 17.2 Å². The molecule has 0 atom stereocenters. The molecule has 8 heteroatoms. The average Bonchev–Trinajstić information content (AvgIpc) is 2.87. The fourth-order valence-corrected chi connectivity index (χ4v) is 3.18. The van der Waals surface area contributed by atoms with Crippen LogP contribution in [0.4, 0.5) is 11.4 Å². The van der Waals surface area contributed by atoms with E-state index in [1.165, 1.54) is 0 Å². The molecule has 36 heavy (non-hydrogen) atoms. The number of ether oxygens (including phenoxy) is 3. The zero-order chi connectivity index (χ0) is 25.8. The van der Waals surface area contributed by atoms with Gasteiger partial charge in [0.25, 0.3) is 5.91 Å². The van der Waals surface area contributed by atoms with Crippen LogP contribution in [0.5, 0.6) is 17.2 Å². The van der Waals surface area contributed by atoms with Crippen molar-refractivity contribution in [3.8, 4) is 17.2 Å². The summed E-state index contributed by atoms with van der Waals surface area (Å²) >= 11 is 0. The van der Waals surface area contributed by atoms with Crippen LogP contribution in [-0.4, -0.2) is 31.0 Å². The first-order chi connectivity index (χ1) is 17.4. The second-order valence-corrected chi connectivity index (χ2v) is 8.01. The van der Waals surface area contributed by atoms with E-state index in [0.29, 0.717) is 35.9 Å². The topological polar surface area (TPSA) is 103 Å². The molecule has 2 N–H and O–H groups in total. The standard InChI is InChI=1S/C28H30N2O6/c1-3-34-23-15-9-22(10-16-23)30-27(32)19-35-28(33)6-4-5-26(31)29-21-11-17-25(18-12-21)36-24-13-7-20(2)8-14-24/h7-18H,3-6,19H2,1-2H3,(H,29,31)(H,30,32). The normalized spacial score (nSPS) is 10.3. The van der Waals surface area contributed by atoms with Crippen LogP contribution in [0.2, 0.25) is 0 Å². The van der Waals surface area contributed by atoms with Gasteiger partial charge in [-0.1, -0.05) is 17.7 Å². The third-order valence-electron chi connectivity index (χ3n) is 4.99. The Morgan fingerprint density at radius 1 is 0.694 bits per heavy atom. The highest BCUT2D eigenvalue weighted by molar-refractivity contribution is 5.93. The third kappa shape index (κ3) is 9.13. The van der Waals surface area contributed by atoms with Gasteiger partial charge in [0.15, 0.2) is 6.61 Å². The van der Waals surface area contributed by atoms with E-state index in [1.54, 1.807) is 48.5 Å². The van der Waals surface area contributed by atoms with Gasteiger partial charge < -0.3 is 24.8 Å². The van der Waals surface area contributed by atoms with E-state index in [9.17, 15) is 14.4 Å². The van der Waals surface area contributed by atoms with Crippen LogP contribution < -0.4 is 20.1 Å². The Morgan fingerprint density at radius 2 is 1.22 bits per heavy atom. The Bertz CT molecular complexity index is 1140. The smallest absolute Gasteiger partial charge is 0.306 e. The number of hydrogen-bond acceptors (Lipinski definition) is 6. The van der Waals surface area contributed by atoms with E-state index in [1.807, 2.05) is 38.1 Å². The second kappa shape index (κ2) is 13.5. The number of amides is 2. The van der Waals surface area contributed by atoms with Gasteiger partial charge in [-0.15, -0.1) is 0 Å². The van der Waals surface area contributed by atoms with E-state index in [4.69, 9.17) is 14.2 Å². The van der Waals surface area contributed by atoms with E-state index in [-0.39, 0.29) is 18.7 Å². The average molecular weight is 491 g/mol. The molecule has 3 aromatic rings. The van der Waals surface area contributed by atoms with Crippen molar-refractivity contribution in [2.24, 2.45) is 0 Å². The van der Waals surface area contributed by atoms with Crippen molar-refractivity contribution >= 4 is 29.2 Å². The molecule has 0 aliphatic rings. The van der Waals surface area contributed by atoms with Gasteiger partial charge >= 0.3 is 5.97 Å². The Balaban J connectivity index is 1.31. The maximum absolute atomic E-state index is 12.2. The van der Waals surface area contributed by atoms with Gasteiger partial charge in [-0.05, 0) is 80.9 Å². The van der Waals surface area contributed by atoms with Crippen molar-refractivity contribution in [1.29, 1.82) is 0 Å². The molecular weight excluding hydrogens is 460 g/mol. The molecule has 0 aliphatic heterocycles. The summed E-state index contributed by atoms with van der Waals surface area (Å²) in [7, 11) is 0. The molecule has 0 spiro atoms. The van der Waals surface area contributed by atoms with Crippen LogP contribution >= 0.6 is 0 Å². The summed E-state index contributed by atoms with van der Waals surface area (Å²) in [6.45, 7) is 4.06. The number of benzene rings is 3. The van der Waals surface area contributed by atoms with Crippen molar-refractivity contribution < 1.29 is 28.6 Å². The number of esters is 1.